The molecule has 2 aromatic rings. The van der Waals surface area contributed by atoms with Crippen molar-refractivity contribution in [3.8, 4) is 11.5 Å². The largest absolute Gasteiger partial charge is 0.490 e. The molecule has 0 saturated carbocycles. The SMILES string of the molecule is CCOc1cc2c(cc1OCC)CN(C(=O)NCCc1cc(C)no1)CC2. The van der Waals surface area contributed by atoms with Crippen LogP contribution >= 0.6 is 0 Å². The lowest BCUT2D eigenvalue weighted by atomic mass is 9.99. The quantitative estimate of drug-likeness (QED) is 0.807. The predicted octanol–water partition coefficient (Wildman–Crippen LogP) is 3.09. The Balaban J connectivity index is 1.60. The molecule has 0 radical (unpaired) electrons. The number of urea groups is 1. The van der Waals surface area contributed by atoms with Gasteiger partial charge in [0.1, 0.15) is 5.76 Å². The number of benzene rings is 1. The van der Waals surface area contributed by atoms with Crippen molar-refractivity contribution < 1.29 is 18.8 Å². The monoisotopic (exact) mass is 373 g/mol. The van der Waals surface area contributed by atoms with Gasteiger partial charge in [0.25, 0.3) is 0 Å². The highest BCUT2D eigenvalue weighted by Crippen LogP contribution is 2.33. The van der Waals surface area contributed by atoms with Gasteiger partial charge in [0.2, 0.25) is 0 Å². The summed E-state index contributed by atoms with van der Waals surface area (Å²) in [6, 6.07) is 5.86. The zero-order valence-electron chi connectivity index (χ0n) is 16.2. The number of aryl methyl sites for hydroxylation is 1. The first kappa shape index (κ1) is 19.1. The smallest absolute Gasteiger partial charge is 0.317 e. The fourth-order valence-electron chi connectivity index (χ4n) is 3.21. The highest BCUT2D eigenvalue weighted by atomic mass is 16.5. The third-order valence-corrected chi connectivity index (χ3v) is 4.49. The molecule has 0 fully saturated rings. The van der Waals surface area contributed by atoms with Crippen molar-refractivity contribution in [3.63, 3.8) is 0 Å². The second kappa shape index (κ2) is 8.79. The van der Waals surface area contributed by atoms with Crippen LogP contribution in [0, 0.1) is 6.92 Å². The lowest BCUT2D eigenvalue weighted by molar-refractivity contribution is 0.192. The Morgan fingerprint density at radius 3 is 2.52 bits per heavy atom. The van der Waals surface area contributed by atoms with Gasteiger partial charge in [-0.3, -0.25) is 0 Å². The van der Waals surface area contributed by atoms with Crippen LogP contribution in [0.3, 0.4) is 0 Å². The molecule has 3 rings (SSSR count). The van der Waals surface area contributed by atoms with Crippen LogP contribution in [0.5, 0.6) is 11.5 Å². The molecule has 0 aliphatic carbocycles. The van der Waals surface area contributed by atoms with Gasteiger partial charge in [0, 0.05) is 32.1 Å². The highest BCUT2D eigenvalue weighted by molar-refractivity contribution is 5.74. The number of hydrogen-bond acceptors (Lipinski definition) is 5. The third-order valence-electron chi connectivity index (χ3n) is 4.49. The van der Waals surface area contributed by atoms with Gasteiger partial charge in [-0.15, -0.1) is 0 Å². The van der Waals surface area contributed by atoms with Crippen LogP contribution in [0.25, 0.3) is 0 Å². The van der Waals surface area contributed by atoms with Gasteiger partial charge < -0.3 is 24.2 Å². The Hall–Kier alpha value is -2.70. The topological polar surface area (TPSA) is 76.8 Å². The van der Waals surface area contributed by atoms with Gasteiger partial charge in [-0.25, -0.2) is 4.79 Å². The van der Waals surface area contributed by atoms with Crippen LogP contribution in [-0.4, -0.2) is 42.4 Å². The maximum atomic E-state index is 12.5. The molecule has 7 heteroatoms. The molecular weight excluding hydrogens is 346 g/mol. The fourth-order valence-corrected chi connectivity index (χ4v) is 3.21. The summed E-state index contributed by atoms with van der Waals surface area (Å²) >= 11 is 0. The number of carbonyl (C=O) groups excluding carboxylic acids is 1. The molecule has 2 heterocycles. The van der Waals surface area contributed by atoms with Crippen molar-refractivity contribution in [2.45, 2.75) is 40.2 Å². The summed E-state index contributed by atoms with van der Waals surface area (Å²) in [5.41, 5.74) is 3.16. The number of hydrogen-bond donors (Lipinski definition) is 1. The van der Waals surface area contributed by atoms with Gasteiger partial charge in [-0.1, -0.05) is 5.16 Å². The van der Waals surface area contributed by atoms with Gasteiger partial charge in [0.15, 0.2) is 11.5 Å². The summed E-state index contributed by atoms with van der Waals surface area (Å²) in [5.74, 6) is 2.29. The summed E-state index contributed by atoms with van der Waals surface area (Å²) in [4.78, 5) is 14.3. The number of nitrogens with one attached hydrogen (secondary N) is 1. The zero-order valence-corrected chi connectivity index (χ0v) is 16.2. The molecule has 0 bridgehead atoms. The Bertz CT molecular complexity index is 788. The maximum Gasteiger partial charge on any atom is 0.317 e. The van der Waals surface area contributed by atoms with E-state index in [9.17, 15) is 4.79 Å². The number of carbonyl (C=O) groups is 1. The minimum atomic E-state index is -0.0660. The Morgan fingerprint density at radius 1 is 1.19 bits per heavy atom. The number of nitrogens with zero attached hydrogens (tertiary/aromatic N) is 2. The van der Waals surface area contributed by atoms with E-state index in [1.165, 1.54) is 5.56 Å². The normalized spacial score (nSPS) is 13.2. The first-order valence-electron chi connectivity index (χ1n) is 9.47. The van der Waals surface area contributed by atoms with Crippen LogP contribution in [0.2, 0.25) is 0 Å². The molecule has 1 aliphatic heterocycles. The van der Waals surface area contributed by atoms with Crippen LogP contribution < -0.4 is 14.8 Å². The van der Waals surface area contributed by atoms with E-state index in [0.717, 1.165) is 34.9 Å². The summed E-state index contributed by atoms with van der Waals surface area (Å²) in [6.45, 7) is 8.72. The fraction of sp³-hybridized carbons (Fsp3) is 0.500. The van der Waals surface area contributed by atoms with Crippen molar-refractivity contribution in [3.05, 3.63) is 40.8 Å². The second-order valence-corrected chi connectivity index (χ2v) is 6.52. The van der Waals surface area contributed by atoms with Crippen LogP contribution in [0.4, 0.5) is 4.79 Å². The van der Waals surface area contributed by atoms with E-state index in [1.807, 2.05) is 43.9 Å². The molecular formula is C20H27N3O4. The highest BCUT2D eigenvalue weighted by Gasteiger charge is 2.23. The van der Waals surface area contributed by atoms with E-state index in [1.54, 1.807) is 0 Å². The number of fused-ring (bicyclic) bond motifs is 1. The molecule has 27 heavy (non-hydrogen) atoms. The van der Waals surface area contributed by atoms with E-state index in [0.29, 0.717) is 39.3 Å². The molecule has 146 valence electrons. The van der Waals surface area contributed by atoms with E-state index < -0.39 is 0 Å². The molecule has 0 saturated heterocycles. The van der Waals surface area contributed by atoms with Crippen molar-refractivity contribution in [2.75, 3.05) is 26.3 Å². The van der Waals surface area contributed by atoms with Gasteiger partial charge in [-0.2, -0.15) is 0 Å². The molecule has 0 atom stereocenters. The van der Waals surface area contributed by atoms with Gasteiger partial charge in [-0.05, 0) is 50.5 Å². The minimum absolute atomic E-state index is 0.0660. The van der Waals surface area contributed by atoms with E-state index in [2.05, 4.69) is 10.5 Å². The maximum absolute atomic E-state index is 12.5. The molecule has 1 aromatic carbocycles. The zero-order chi connectivity index (χ0) is 19.2. The van der Waals surface area contributed by atoms with Crippen molar-refractivity contribution >= 4 is 6.03 Å². The Kier molecular flexibility index (Phi) is 6.21. The van der Waals surface area contributed by atoms with Gasteiger partial charge in [0.05, 0.1) is 18.9 Å². The molecule has 0 spiro atoms. The van der Waals surface area contributed by atoms with E-state index in [-0.39, 0.29) is 6.03 Å². The van der Waals surface area contributed by atoms with Crippen molar-refractivity contribution in [2.24, 2.45) is 0 Å². The molecule has 1 aromatic heterocycles. The number of amides is 2. The summed E-state index contributed by atoms with van der Waals surface area (Å²) < 4.78 is 16.6. The van der Waals surface area contributed by atoms with Crippen LogP contribution in [-0.2, 0) is 19.4 Å². The van der Waals surface area contributed by atoms with Crippen molar-refractivity contribution in [1.82, 2.24) is 15.4 Å². The summed E-state index contributed by atoms with van der Waals surface area (Å²) in [7, 11) is 0. The van der Waals surface area contributed by atoms with Crippen LogP contribution in [0.1, 0.15) is 36.4 Å². The standard InChI is InChI=1S/C20H27N3O4/c1-4-25-18-11-15-7-9-23(13-16(15)12-19(18)26-5-2)20(24)21-8-6-17-10-14(3)22-27-17/h10-12H,4-9,13H2,1-3H3,(H,21,24). The number of ether oxygens (including phenoxy) is 2. The molecule has 2 amide bonds. The van der Waals surface area contributed by atoms with Gasteiger partial charge >= 0.3 is 6.03 Å². The molecule has 1 aliphatic rings. The first-order valence-corrected chi connectivity index (χ1v) is 9.47. The molecule has 1 N–H and O–H groups in total. The predicted molar refractivity (Wildman–Crippen MR) is 101 cm³/mol. The first-order chi connectivity index (χ1) is 13.1. The van der Waals surface area contributed by atoms with Crippen molar-refractivity contribution in [1.29, 1.82) is 0 Å². The lowest BCUT2D eigenvalue weighted by Gasteiger charge is -2.30. The summed E-state index contributed by atoms with van der Waals surface area (Å²) in [6.07, 6.45) is 1.43. The van der Waals surface area contributed by atoms with E-state index >= 15 is 0 Å². The average Bonchev–Trinajstić information content (AvgIpc) is 3.07. The van der Waals surface area contributed by atoms with E-state index in [4.69, 9.17) is 14.0 Å². The lowest BCUT2D eigenvalue weighted by Crippen LogP contribution is -2.43. The Labute approximate surface area is 159 Å². The third kappa shape index (κ3) is 4.72. The number of aromatic nitrogens is 1. The number of rotatable bonds is 7. The second-order valence-electron chi connectivity index (χ2n) is 6.52. The Morgan fingerprint density at radius 2 is 1.89 bits per heavy atom. The molecule has 7 nitrogen and oxygen atoms in total. The minimum Gasteiger partial charge on any atom is -0.490 e. The average molecular weight is 373 g/mol. The van der Waals surface area contributed by atoms with Crippen LogP contribution in [0.15, 0.2) is 22.7 Å². The molecule has 0 unspecified atom stereocenters. The summed E-state index contributed by atoms with van der Waals surface area (Å²) in [5, 5.41) is 6.81.